The highest BCUT2D eigenvalue weighted by molar-refractivity contribution is 5.78. The van der Waals surface area contributed by atoms with Crippen LogP contribution < -0.4 is 0 Å². The average molecular weight is 369 g/mol. The van der Waals surface area contributed by atoms with Gasteiger partial charge < -0.3 is 24.5 Å². The predicted molar refractivity (Wildman–Crippen MR) is 95.9 cm³/mol. The van der Waals surface area contributed by atoms with Gasteiger partial charge in [0.05, 0.1) is 11.5 Å². The minimum atomic E-state index is -0.823. The molecule has 2 aliphatic rings. The Labute approximate surface area is 155 Å². The van der Waals surface area contributed by atoms with E-state index in [4.69, 9.17) is 4.74 Å². The van der Waals surface area contributed by atoms with Crippen LogP contribution in [0.1, 0.15) is 47.5 Å². The molecule has 8 nitrogen and oxygen atoms in total. The van der Waals surface area contributed by atoms with Crippen LogP contribution in [0, 0.1) is 5.41 Å². The fourth-order valence-corrected chi connectivity index (χ4v) is 3.28. The SMILES string of the molecule is CC(C)(C)OC(=O)N1CCN2C(=O)N(CCCC(C)(C)C(=O)O)CC2C1. The summed E-state index contributed by atoms with van der Waals surface area (Å²) in [6, 6.07) is -0.0526. The van der Waals surface area contributed by atoms with Gasteiger partial charge in [-0.3, -0.25) is 4.79 Å². The Morgan fingerprint density at radius 3 is 2.38 bits per heavy atom. The normalized spacial score (nSPS) is 21.0. The molecule has 8 heteroatoms. The number of carboxylic acid groups (broad SMARTS) is 1. The van der Waals surface area contributed by atoms with Crippen LogP contribution in [0.3, 0.4) is 0 Å². The van der Waals surface area contributed by atoms with Crippen LogP contribution in [0.25, 0.3) is 0 Å². The van der Waals surface area contributed by atoms with Crippen LogP contribution in [-0.2, 0) is 9.53 Å². The van der Waals surface area contributed by atoms with Gasteiger partial charge in [0.15, 0.2) is 0 Å². The van der Waals surface area contributed by atoms with Gasteiger partial charge in [0.2, 0.25) is 0 Å². The average Bonchev–Trinajstić information content (AvgIpc) is 2.81. The maximum Gasteiger partial charge on any atom is 0.410 e. The van der Waals surface area contributed by atoms with Crippen molar-refractivity contribution in [3.05, 3.63) is 0 Å². The number of urea groups is 1. The summed E-state index contributed by atoms with van der Waals surface area (Å²) >= 11 is 0. The van der Waals surface area contributed by atoms with Crippen molar-refractivity contribution in [2.45, 2.75) is 59.1 Å². The molecule has 1 unspecified atom stereocenters. The van der Waals surface area contributed by atoms with Gasteiger partial charge in [0, 0.05) is 32.7 Å². The fraction of sp³-hybridized carbons (Fsp3) is 0.833. The van der Waals surface area contributed by atoms with Gasteiger partial charge in [0.1, 0.15) is 5.60 Å². The van der Waals surface area contributed by atoms with Gasteiger partial charge in [-0.1, -0.05) is 0 Å². The third kappa shape index (κ3) is 4.80. The molecule has 2 heterocycles. The molecule has 1 N–H and O–H groups in total. The first-order valence-corrected chi connectivity index (χ1v) is 9.17. The third-order valence-corrected chi connectivity index (χ3v) is 4.89. The number of hydrogen-bond acceptors (Lipinski definition) is 4. The van der Waals surface area contributed by atoms with Crippen molar-refractivity contribution >= 4 is 18.1 Å². The quantitative estimate of drug-likeness (QED) is 0.802. The van der Waals surface area contributed by atoms with Crippen LogP contribution in [0.5, 0.6) is 0 Å². The summed E-state index contributed by atoms with van der Waals surface area (Å²) in [4.78, 5) is 41.2. The molecule has 148 valence electrons. The predicted octanol–water partition coefficient (Wildman–Crippen LogP) is 2.23. The van der Waals surface area contributed by atoms with E-state index in [2.05, 4.69) is 0 Å². The summed E-state index contributed by atoms with van der Waals surface area (Å²) in [5, 5.41) is 9.18. The largest absolute Gasteiger partial charge is 0.481 e. The molecule has 26 heavy (non-hydrogen) atoms. The van der Waals surface area contributed by atoms with E-state index < -0.39 is 17.0 Å². The monoisotopic (exact) mass is 369 g/mol. The minimum Gasteiger partial charge on any atom is -0.481 e. The number of rotatable bonds is 5. The lowest BCUT2D eigenvalue weighted by Crippen LogP contribution is -2.54. The zero-order valence-electron chi connectivity index (χ0n) is 16.4. The Bertz CT molecular complexity index is 570. The Hall–Kier alpha value is -1.99. The highest BCUT2D eigenvalue weighted by Crippen LogP contribution is 2.25. The highest BCUT2D eigenvalue weighted by atomic mass is 16.6. The molecule has 0 spiro atoms. The number of carbonyl (C=O) groups is 3. The summed E-state index contributed by atoms with van der Waals surface area (Å²) in [7, 11) is 0. The lowest BCUT2D eigenvalue weighted by Gasteiger charge is -2.37. The summed E-state index contributed by atoms with van der Waals surface area (Å²) in [6.45, 7) is 11.4. The summed E-state index contributed by atoms with van der Waals surface area (Å²) in [6.07, 6.45) is 0.814. The number of fused-ring (bicyclic) bond motifs is 1. The molecular formula is C18H31N3O5. The second-order valence-electron chi connectivity index (χ2n) is 8.79. The van der Waals surface area contributed by atoms with E-state index in [0.29, 0.717) is 45.6 Å². The van der Waals surface area contributed by atoms with E-state index in [9.17, 15) is 19.5 Å². The van der Waals surface area contributed by atoms with E-state index in [1.54, 1.807) is 23.6 Å². The van der Waals surface area contributed by atoms with Crippen molar-refractivity contribution in [2.75, 3.05) is 32.7 Å². The maximum absolute atomic E-state index is 12.5. The van der Waals surface area contributed by atoms with Crippen LogP contribution in [-0.4, -0.2) is 82.3 Å². The molecule has 0 aromatic carbocycles. The second-order valence-corrected chi connectivity index (χ2v) is 8.79. The molecule has 1 atom stereocenters. The molecule has 0 bridgehead atoms. The van der Waals surface area contributed by atoms with Gasteiger partial charge in [-0.2, -0.15) is 0 Å². The van der Waals surface area contributed by atoms with E-state index in [1.165, 1.54) is 0 Å². The van der Waals surface area contributed by atoms with Gasteiger partial charge in [-0.25, -0.2) is 9.59 Å². The minimum absolute atomic E-state index is 0.0213. The van der Waals surface area contributed by atoms with Crippen LogP contribution in [0.4, 0.5) is 9.59 Å². The molecule has 0 radical (unpaired) electrons. The number of ether oxygens (including phenoxy) is 1. The lowest BCUT2D eigenvalue weighted by atomic mass is 9.88. The topological polar surface area (TPSA) is 90.4 Å². The molecule has 3 amide bonds. The van der Waals surface area contributed by atoms with Crippen molar-refractivity contribution in [1.29, 1.82) is 0 Å². The molecule has 0 aliphatic carbocycles. The first-order chi connectivity index (χ1) is 11.9. The number of hydrogen-bond donors (Lipinski definition) is 1. The first kappa shape index (κ1) is 20.3. The van der Waals surface area contributed by atoms with Crippen molar-refractivity contribution in [3.63, 3.8) is 0 Å². The van der Waals surface area contributed by atoms with Crippen molar-refractivity contribution in [2.24, 2.45) is 5.41 Å². The van der Waals surface area contributed by atoms with Crippen LogP contribution >= 0.6 is 0 Å². The van der Waals surface area contributed by atoms with Crippen molar-refractivity contribution in [3.8, 4) is 0 Å². The number of carboxylic acids is 1. The molecule has 2 rings (SSSR count). The summed E-state index contributed by atoms with van der Waals surface area (Å²) < 4.78 is 5.42. The number of piperazine rings is 1. The summed E-state index contributed by atoms with van der Waals surface area (Å²) in [5.41, 5.74) is -1.33. The van der Waals surface area contributed by atoms with E-state index in [-0.39, 0.29) is 18.2 Å². The van der Waals surface area contributed by atoms with Gasteiger partial charge in [-0.05, 0) is 47.5 Å². The Morgan fingerprint density at radius 2 is 1.81 bits per heavy atom. The van der Waals surface area contributed by atoms with E-state index in [0.717, 1.165) is 0 Å². The van der Waals surface area contributed by atoms with Crippen molar-refractivity contribution in [1.82, 2.24) is 14.7 Å². The Kier molecular flexibility index (Phi) is 5.73. The Balaban J connectivity index is 1.87. The standard InChI is InChI=1S/C18H31N3O5/c1-17(2,3)26-16(25)20-9-10-21-13(12-20)11-19(15(21)24)8-6-7-18(4,5)14(22)23/h13H,6-12H2,1-5H3,(H,22,23). The highest BCUT2D eigenvalue weighted by Gasteiger charge is 2.42. The number of aliphatic carboxylic acids is 1. The molecular weight excluding hydrogens is 338 g/mol. The molecule has 0 saturated carbocycles. The first-order valence-electron chi connectivity index (χ1n) is 9.17. The molecule has 2 fully saturated rings. The van der Waals surface area contributed by atoms with Crippen molar-refractivity contribution < 1.29 is 24.2 Å². The third-order valence-electron chi connectivity index (χ3n) is 4.89. The zero-order chi connectivity index (χ0) is 19.7. The molecule has 0 aromatic rings. The molecule has 2 aliphatic heterocycles. The Morgan fingerprint density at radius 1 is 1.15 bits per heavy atom. The lowest BCUT2D eigenvalue weighted by molar-refractivity contribution is -0.147. The van der Waals surface area contributed by atoms with Crippen LogP contribution in [0.2, 0.25) is 0 Å². The fourth-order valence-electron chi connectivity index (χ4n) is 3.28. The van der Waals surface area contributed by atoms with E-state index >= 15 is 0 Å². The van der Waals surface area contributed by atoms with Gasteiger partial charge >= 0.3 is 18.1 Å². The maximum atomic E-state index is 12.5. The van der Waals surface area contributed by atoms with Gasteiger partial charge in [0.25, 0.3) is 0 Å². The van der Waals surface area contributed by atoms with Gasteiger partial charge in [-0.15, -0.1) is 0 Å². The molecule has 2 saturated heterocycles. The second kappa shape index (κ2) is 7.32. The van der Waals surface area contributed by atoms with Crippen LogP contribution in [0.15, 0.2) is 0 Å². The smallest absolute Gasteiger partial charge is 0.410 e. The number of nitrogens with zero attached hydrogens (tertiary/aromatic N) is 3. The molecule has 0 aromatic heterocycles. The number of carbonyl (C=O) groups excluding carboxylic acids is 2. The summed E-state index contributed by atoms with van der Waals surface area (Å²) in [5.74, 6) is -0.823. The zero-order valence-corrected chi connectivity index (χ0v) is 16.4. The van der Waals surface area contributed by atoms with E-state index in [1.807, 2.05) is 25.7 Å². The number of amides is 3.